The Balaban J connectivity index is 2.66. The van der Waals surface area contributed by atoms with E-state index in [0.29, 0.717) is 5.56 Å². The highest BCUT2D eigenvalue weighted by Gasteiger charge is 2.18. The molecule has 0 aliphatic rings. The van der Waals surface area contributed by atoms with Gasteiger partial charge in [0.25, 0.3) is 5.91 Å². The molecule has 0 aliphatic carbocycles. The van der Waals surface area contributed by atoms with E-state index in [2.05, 4.69) is 10.3 Å². The van der Waals surface area contributed by atoms with Gasteiger partial charge in [0.2, 0.25) is 0 Å². The zero-order chi connectivity index (χ0) is 12.8. The minimum atomic E-state index is -0.461. The number of carbonyl (C=O) groups is 1. The largest absolute Gasteiger partial charge is 0.354 e. The first-order valence-electron chi connectivity index (χ1n) is 5.36. The maximum Gasteiger partial charge on any atom is 0.253 e. The molecule has 0 aliphatic heterocycles. The summed E-state index contributed by atoms with van der Waals surface area (Å²) >= 11 is 0. The van der Waals surface area contributed by atoms with Gasteiger partial charge in [-0.15, -0.1) is 0 Å². The van der Waals surface area contributed by atoms with E-state index >= 15 is 0 Å². The third-order valence-corrected chi connectivity index (χ3v) is 2.37. The van der Waals surface area contributed by atoms with Gasteiger partial charge in [-0.3, -0.25) is 9.78 Å². The highest BCUT2D eigenvalue weighted by atomic mass is 16.7. The lowest BCUT2D eigenvalue weighted by molar-refractivity contribution is -0.117. The molecule has 0 saturated carbocycles. The molecule has 17 heavy (non-hydrogen) atoms. The molecule has 1 rings (SSSR count). The Morgan fingerprint density at radius 1 is 1.35 bits per heavy atom. The van der Waals surface area contributed by atoms with Crippen molar-refractivity contribution in [3.05, 3.63) is 29.6 Å². The van der Waals surface area contributed by atoms with E-state index in [1.54, 1.807) is 12.3 Å². The first kappa shape index (κ1) is 13.6. The van der Waals surface area contributed by atoms with Crippen LogP contribution in [0.1, 0.15) is 22.8 Å². The summed E-state index contributed by atoms with van der Waals surface area (Å²) in [5, 5.41) is 2.80. The second-order valence-electron chi connectivity index (χ2n) is 3.85. The van der Waals surface area contributed by atoms with Gasteiger partial charge in [0.1, 0.15) is 0 Å². The normalized spacial score (nSPS) is 12.5. The summed E-state index contributed by atoms with van der Waals surface area (Å²) in [4.78, 5) is 15.9. The molecule has 0 radical (unpaired) electrons. The van der Waals surface area contributed by atoms with Crippen LogP contribution in [-0.2, 0) is 9.47 Å². The SMILES string of the molecule is COC(OC)C(C)NC(=O)c1cncc(C)c1. The quantitative estimate of drug-likeness (QED) is 0.781. The Morgan fingerprint density at radius 2 is 2.00 bits per heavy atom. The Morgan fingerprint density at radius 3 is 2.53 bits per heavy atom. The number of ether oxygens (including phenoxy) is 2. The van der Waals surface area contributed by atoms with Gasteiger partial charge in [-0.25, -0.2) is 0 Å². The lowest BCUT2D eigenvalue weighted by atomic mass is 10.2. The number of rotatable bonds is 5. The fourth-order valence-corrected chi connectivity index (χ4v) is 1.54. The van der Waals surface area contributed by atoms with Crippen molar-refractivity contribution < 1.29 is 14.3 Å². The van der Waals surface area contributed by atoms with Crippen LogP contribution in [0.2, 0.25) is 0 Å². The number of hydrogen-bond donors (Lipinski definition) is 1. The number of hydrogen-bond acceptors (Lipinski definition) is 4. The predicted molar refractivity (Wildman–Crippen MR) is 63.7 cm³/mol. The van der Waals surface area contributed by atoms with Crippen LogP contribution < -0.4 is 5.32 Å². The zero-order valence-corrected chi connectivity index (χ0v) is 10.6. The van der Waals surface area contributed by atoms with Crippen molar-refractivity contribution in [2.24, 2.45) is 0 Å². The molecule has 94 valence electrons. The van der Waals surface area contributed by atoms with Gasteiger partial charge in [0.05, 0.1) is 11.6 Å². The van der Waals surface area contributed by atoms with E-state index in [-0.39, 0.29) is 11.9 Å². The standard InChI is InChI=1S/C12H18N2O3/c1-8-5-10(7-13-6-8)11(15)14-9(2)12(16-3)17-4/h5-7,9,12H,1-4H3,(H,14,15). The maximum absolute atomic E-state index is 11.9. The molecular formula is C12H18N2O3. The summed E-state index contributed by atoms with van der Waals surface area (Å²) in [7, 11) is 3.07. The number of amides is 1. The average molecular weight is 238 g/mol. The molecule has 5 heteroatoms. The molecule has 1 aromatic heterocycles. The van der Waals surface area contributed by atoms with E-state index in [4.69, 9.17) is 9.47 Å². The van der Waals surface area contributed by atoms with Crippen molar-refractivity contribution in [2.45, 2.75) is 26.2 Å². The molecule has 0 spiro atoms. The van der Waals surface area contributed by atoms with Crippen molar-refractivity contribution >= 4 is 5.91 Å². The molecule has 0 bridgehead atoms. The van der Waals surface area contributed by atoms with Gasteiger partial charge < -0.3 is 14.8 Å². The van der Waals surface area contributed by atoms with Gasteiger partial charge in [-0.05, 0) is 25.5 Å². The second kappa shape index (κ2) is 6.32. The molecule has 1 aromatic rings. The molecule has 0 aromatic carbocycles. The monoisotopic (exact) mass is 238 g/mol. The van der Waals surface area contributed by atoms with Crippen LogP contribution in [0.5, 0.6) is 0 Å². The van der Waals surface area contributed by atoms with Crippen LogP contribution in [0.25, 0.3) is 0 Å². The maximum atomic E-state index is 11.9. The smallest absolute Gasteiger partial charge is 0.253 e. The van der Waals surface area contributed by atoms with Gasteiger partial charge >= 0.3 is 0 Å². The van der Waals surface area contributed by atoms with Crippen molar-refractivity contribution in [1.82, 2.24) is 10.3 Å². The summed E-state index contributed by atoms with van der Waals surface area (Å²) in [6.07, 6.45) is 2.77. The molecule has 1 heterocycles. The number of methoxy groups -OCH3 is 2. The summed E-state index contributed by atoms with van der Waals surface area (Å²) in [5.41, 5.74) is 1.48. The molecule has 1 unspecified atom stereocenters. The Kier molecular flexibility index (Phi) is 5.06. The van der Waals surface area contributed by atoms with Crippen LogP contribution in [0.3, 0.4) is 0 Å². The van der Waals surface area contributed by atoms with Crippen LogP contribution in [0.4, 0.5) is 0 Å². The van der Waals surface area contributed by atoms with Crippen LogP contribution >= 0.6 is 0 Å². The van der Waals surface area contributed by atoms with E-state index < -0.39 is 6.29 Å². The fraction of sp³-hybridized carbons (Fsp3) is 0.500. The van der Waals surface area contributed by atoms with E-state index in [1.165, 1.54) is 20.4 Å². The number of nitrogens with zero attached hydrogens (tertiary/aromatic N) is 1. The van der Waals surface area contributed by atoms with Crippen molar-refractivity contribution in [2.75, 3.05) is 14.2 Å². The number of aromatic nitrogens is 1. The highest BCUT2D eigenvalue weighted by molar-refractivity contribution is 5.94. The first-order valence-corrected chi connectivity index (χ1v) is 5.36. The van der Waals surface area contributed by atoms with Crippen LogP contribution in [0, 0.1) is 6.92 Å². The fourth-order valence-electron chi connectivity index (χ4n) is 1.54. The Hall–Kier alpha value is -1.46. The Bertz CT molecular complexity index is 378. The minimum Gasteiger partial charge on any atom is -0.354 e. The number of carbonyl (C=O) groups excluding carboxylic acids is 1. The molecule has 0 fully saturated rings. The third kappa shape index (κ3) is 3.80. The zero-order valence-electron chi connectivity index (χ0n) is 10.6. The highest BCUT2D eigenvalue weighted by Crippen LogP contribution is 2.04. The number of nitrogens with one attached hydrogen (secondary N) is 1. The van der Waals surface area contributed by atoms with Crippen LogP contribution in [-0.4, -0.2) is 37.4 Å². The van der Waals surface area contributed by atoms with Gasteiger partial charge in [-0.1, -0.05) is 0 Å². The van der Waals surface area contributed by atoms with E-state index in [1.807, 2.05) is 13.8 Å². The van der Waals surface area contributed by atoms with E-state index in [9.17, 15) is 4.79 Å². The minimum absolute atomic E-state index is 0.187. The molecule has 1 amide bonds. The lowest BCUT2D eigenvalue weighted by Crippen LogP contribution is -2.42. The van der Waals surface area contributed by atoms with Gasteiger partial charge in [0, 0.05) is 26.6 Å². The molecule has 1 N–H and O–H groups in total. The third-order valence-electron chi connectivity index (χ3n) is 2.37. The summed E-state index contributed by atoms with van der Waals surface area (Å²) in [5.74, 6) is -0.187. The summed E-state index contributed by atoms with van der Waals surface area (Å²) < 4.78 is 10.1. The second-order valence-corrected chi connectivity index (χ2v) is 3.85. The lowest BCUT2D eigenvalue weighted by Gasteiger charge is -2.22. The van der Waals surface area contributed by atoms with Crippen molar-refractivity contribution in [3.8, 4) is 0 Å². The Labute approximate surface area is 101 Å². The number of aryl methyl sites for hydroxylation is 1. The summed E-state index contributed by atoms with van der Waals surface area (Å²) in [6, 6.07) is 1.54. The van der Waals surface area contributed by atoms with Crippen molar-refractivity contribution in [3.63, 3.8) is 0 Å². The molecule has 0 saturated heterocycles. The predicted octanol–water partition coefficient (Wildman–Crippen LogP) is 1.13. The molecule has 5 nitrogen and oxygen atoms in total. The topological polar surface area (TPSA) is 60.5 Å². The first-order chi connectivity index (χ1) is 8.08. The van der Waals surface area contributed by atoms with E-state index in [0.717, 1.165) is 5.56 Å². The molecular weight excluding hydrogens is 220 g/mol. The van der Waals surface area contributed by atoms with Gasteiger partial charge in [-0.2, -0.15) is 0 Å². The number of pyridine rings is 1. The summed E-state index contributed by atoms with van der Waals surface area (Å²) in [6.45, 7) is 3.71. The van der Waals surface area contributed by atoms with Crippen molar-refractivity contribution in [1.29, 1.82) is 0 Å². The molecule has 1 atom stereocenters. The van der Waals surface area contributed by atoms with Gasteiger partial charge in [0.15, 0.2) is 6.29 Å². The van der Waals surface area contributed by atoms with Crippen LogP contribution in [0.15, 0.2) is 18.5 Å². The average Bonchev–Trinajstić information content (AvgIpc) is 2.30.